The highest BCUT2D eigenvalue weighted by molar-refractivity contribution is 9.10. The van der Waals surface area contributed by atoms with Crippen molar-refractivity contribution >= 4 is 27.5 Å². The first-order valence-electron chi connectivity index (χ1n) is 5.98. The number of nitrogens with two attached hydrogens (primary N) is 1. The molecule has 2 rings (SSSR count). The normalized spacial score (nSPS) is 12.4. The van der Waals surface area contributed by atoms with Crippen molar-refractivity contribution < 1.29 is 4.39 Å². The third-order valence-electron chi connectivity index (χ3n) is 2.81. The van der Waals surface area contributed by atoms with Gasteiger partial charge in [-0.1, -0.05) is 39.7 Å². The van der Waals surface area contributed by atoms with Crippen LogP contribution in [-0.4, -0.2) is 6.04 Å². The van der Waals surface area contributed by atoms with E-state index >= 15 is 0 Å². The zero-order valence-electron chi connectivity index (χ0n) is 10.2. The van der Waals surface area contributed by atoms with Gasteiger partial charge in [-0.05, 0) is 54.3 Å². The second-order valence-electron chi connectivity index (χ2n) is 4.58. The molecule has 0 aliphatic heterocycles. The molecule has 0 bridgehead atoms. The van der Waals surface area contributed by atoms with Crippen molar-refractivity contribution in [2.24, 2.45) is 5.73 Å². The summed E-state index contributed by atoms with van der Waals surface area (Å²) in [5, 5.41) is 0.707. The van der Waals surface area contributed by atoms with Crippen molar-refractivity contribution in [2.75, 3.05) is 0 Å². The topological polar surface area (TPSA) is 26.0 Å². The van der Waals surface area contributed by atoms with Crippen molar-refractivity contribution in [3.05, 3.63) is 68.9 Å². The van der Waals surface area contributed by atoms with E-state index in [0.29, 0.717) is 17.9 Å². The summed E-state index contributed by atoms with van der Waals surface area (Å²) in [6.45, 7) is 0. The first-order valence-corrected chi connectivity index (χ1v) is 7.15. The third-order valence-corrected chi connectivity index (χ3v) is 3.50. The van der Waals surface area contributed by atoms with Gasteiger partial charge in [0.2, 0.25) is 0 Å². The van der Waals surface area contributed by atoms with Gasteiger partial charge in [0.15, 0.2) is 0 Å². The predicted molar refractivity (Wildman–Crippen MR) is 80.9 cm³/mol. The maximum atomic E-state index is 13.3. The van der Waals surface area contributed by atoms with E-state index in [0.717, 1.165) is 15.6 Å². The molecule has 19 heavy (non-hydrogen) atoms. The van der Waals surface area contributed by atoms with Crippen molar-refractivity contribution in [1.29, 1.82) is 0 Å². The zero-order chi connectivity index (χ0) is 13.8. The third kappa shape index (κ3) is 4.60. The van der Waals surface area contributed by atoms with E-state index in [4.69, 9.17) is 17.3 Å². The second-order valence-corrected chi connectivity index (χ2v) is 5.93. The van der Waals surface area contributed by atoms with Crippen LogP contribution in [0.15, 0.2) is 46.9 Å². The van der Waals surface area contributed by atoms with Crippen molar-refractivity contribution in [3.63, 3.8) is 0 Å². The van der Waals surface area contributed by atoms with Gasteiger partial charge >= 0.3 is 0 Å². The molecule has 2 N–H and O–H groups in total. The van der Waals surface area contributed by atoms with Crippen LogP contribution in [0.3, 0.4) is 0 Å². The summed E-state index contributed by atoms with van der Waals surface area (Å²) >= 11 is 9.21. The van der Waals surface area contributed by atoms with Gasteiger partial charge < -0.3 is 5.73 Å². The molecule has 0 amide bonds. The fourth-order valence-corrected chi connectivity index (χ4v) is 2.80. The fourth-order valence-electron chi connectivity index (χ4n) is 2.07. The standard InChI is InChI=1S/C15H14BrClFN/c16-12-4-11(6-14(18)9-12)8-15(19)7-10-2-1-3-13(17)5-10/h1-6,9,15H,7-8,19H2. The number of hydrogen-bond donors (Lipinski definition) is 1. The van der Waals surface area contributed by atoms with Gasteiger partial charge in [-0.15, -0.1) is 0 Å². The van der Waals surface area contributed by atoms with Gasteiger partial charge in [0.05, 0.1) is 0 Å². The molecule has 4 heteroatoms. The second kappa shape index (κ2) is 6.51. The van der Waals surface area contributed by atoms with E-state index < -0.39 is 0 Å². The van der Waals surface area contributed by atoms with Crippen molar-refractivity contribution in [2.45, 2.75) is 18.9 Å². The molecule has 0 aliphatic carbocycles. The summed E-state index contributed by atoms with van der Waals surface area (Å²) in [6.07, 6.45) is 1.34. The predicted octanol–water partition coefficient (Wildman–Crippen LogP) is 4.35. The van der Waals surface area contributed by atoms with Crippen LogP contribution in [0.25, 0.3) is 0 Å². The summed E-state index contributed by atoms with van der Waals surface area (Å²) in [7, 11) is 0. The lowest BCUT2D eigenvalue weighted by molar-refractivity contribution is 0.617. The van der Waals surface area contributed by atoms with Crippen LogP contribution in [-0.2, 0) is 12.8 Å². The molecule has 2 aromatic carbocycles. The molecule has 0 radical (unpaired) electrons. The van der Waals surface area contributed by atoms with E-state index in [9.17, 15) is 4.39 Å². The molecule has 0 aliphatic rings. The highest BCUT2D eigenvalue weighted by atomic mass is 79.9. The first-order chi connectivity index (χ1) is 9.02. The SMILES string of the molecule is NC(Cc1cccc(Cl)c1)Cc1cc(F)cc(Br)c1. The number of hydrogen-bond acceptors (Lipinski definition) is 1. The highest BCUT2D eigenvalue weighted by Gasteiger charge is 2.08. The average molecular weight is 343 g/mol. The molecule has 0 fully saturated rings. The Kier molecular flexibility index (Phi) is 4.97. The largest absolute Gasteiger partial charge is 0.327 e. The van der Waals surface area contributed by atoms with Crippen LogP contribution < -0.4 is 5.73 Å². The van der Waals surface area contributed by atoms with Crippen molar-refractivity contribution in [1.82, 2.24) is 0 Å². The van der Waals surface area contributed by atoms with Crippen LogP contribution in [0.5, 0.6) is 0 Å². The van der Waals surface area contributed by atoms with E-state index in [1.54, 1.807) is 0 Å². The molecule has 0 heterocycles. The summed E-state index contributed by atoms with van der Waals surface area (Å²) in [4.78, 5) is 0. The molecule has 1 nitrogen and oxygen atoms in total. The lowest BCUT2D eigenvalue weighted by atomic mass is 10.00. The molecule has 0 saturated carbocycles. The van der Waals surface area contributed by atoms with Crippen LogP contribution >= 0.6 is 27.5 Å². The Labute approximate surface area is 125 Å². The molecular weight excluding hydrogens is 329 g/mol. The van der Waals surface area contributed by atoms with Gasteiger partial charge in [-0.2, -0.15) is 0 Å². The van der Waals surface area contributed by atoms with Gasteiger partial charge in [-0.25, -0.2) is 4.39 Å². The lowest BCUT2D eigenvalue weighted by Gasteiger charge is -2.12. The monoisotopic (exact) mass is 341 g/mol. The van der Waals surface area contributed by atoms with E-state index in [1.807, 2.05) is 30.3 Å². The Bertz CT molecular complexity index is 554. The van der Waals surface area contributed by atoms with E-state index in [1.165, 1.54) is 12.1 Å². The van der Waals surface area contributed by atoms with Gasteiger partial charge in [0.25, 0.3) is 0 Å². The quantitative estimate of drug-likeness (QED) is 0.878. The smallest absolute Gasteiger partial charge is 0.124 e. The Morgan fingerprint density at radius 3 is 2.53 bits per heavy atom. The number of halogens is 3. The molecular formula is C15H14BrClFN. The summed E-state index contributed by atoms with van der Waals surface area (Å²) < 4.78 is 14.0. The average Bonchev–Trinajstić information content (AvgIpc) is 2.26. The van der Waals surface area contributed by atoms with Crippen LogP contribution in [0.1, 0.15) is 11.1 Å². The number of benzene rings is 2. The summed E-state index contributed by atoms with van der Waals surface area (Å²) in [5.41, 5.74) is 8.09. The minimum atomic E-state index is -0.251. The van der Waals surface area contributed by atoms with Gasteiger partial charge in [-0.3, -0.25) is 0 Å². The molecule has 2 aromatic rings. The van der Waals surface area contributed by atoms with E-state index in [-0.39, 0.29) is 11.9 Å². The number of rotatable bonds is 4. The fraction of sp³-hybridized carbons (Fsp3) is 0.200. The van der Waals surface area contributed by atoms with Crippen LogP contribution in [0, 0.1) is 5.82 Å². The maximum absolute atomic E-state index is 13.3. The maximum Gasteiger partial charge on any atom is 0.124 e. The summed E-state index contributed by atoms with van der Waals surface area (Å²) in [6, 6.07) is 12.4. The molecule has 0 saturated heterocycles. The van der Waals surface area contributed by atoms with Crippen molar-refractivity contribution in [3.8, 4) is 0 Å². The Hall–Kier alpha value is -0.900. The zero-order valence-corrected chi connectivity index (χ0v) is 12.6. The van der Waals surface area contributed by atoms with Gasteiger partial charge in [0, 0.05) is 15.5 Å². The summed E-state index contributed by atoms with van der Waals surface area (Å²) in [5.74, 6) is -0.251. The molecule has 1 atom stereocenters. The highest BCUT2D eigenvalue weighted by Crippen LogP contribution is 2.17. The van der Waals surface area contributed by atoms with Gasteiger partial charge in [0.1, 0.15) is 5.82 Å². The molecule has 100 valence electrons. The van der Waals surface area contributed by atoms with Crippen LogP contribution in [0.2, 0.25) is 5.02 Å². The first kappa shape index (κ1) is 14.5. The minimum Gasteiger partial charge on any atom is -0.327 e. The van der Waals surface area contributed by atoms with E-state index in [2.05, 4.69) is 15.9 Å². The molecule has 0 spiro atoms. The Morgan fingerprint density at radius 1 is 1.11 bits per heavy atom. The molecule has 1 unspecified atom stereocenters. The molecule has 0 aromatic heterocycles. The lowest BCUT2D eigenvalue weighted by Crippen LogP contribution is -2.25. The van der Waals surface area contributed by atoms with Crippen LogP contribution in [0.4, 0.5) is 4.39 Å². The Morgan fingerprint density at radius 2 is 1.84 bits per heavy atom. The minimum absolute atomic E-state index is 0.0628. The Balaban J connectivity index is 2.03.